The molecule has 3 atom stereocenters. The number of ether oxygens (including phenoxy) is 1. The molecule has 0 amide bonds. The Labute approximate surface area is 322 Å². The smallest absolute Gasteiger partial charge is 0.163 e. The summed E-state index contributed by atoms with van der Waals surface area (Å²) in [5.74, 6) is 4.62. The molecule has 1 aliphatic heterocycles. The maximum atomic E-state index is 6.78. The van der Waals surface area contributed by atoms with E-state index in [0.717, 1.165) is 64.4 Å². The number of hydrogen-bond acceptors (Lipinski definition) is 5. The molecular formula is C49H41N3OS. The Balaban J connectivity index is 1.06. The van der Waals surface area contributed by atoms with Crippen molar-refractivity contribution in [2.24, 2.45) is 5.92 Å². The highest BCUT2D eigenvalue weighted by atomic mass is 32.1. The van der Waals surface area contributed by atoms with Gasteiger partial charge in [-0.2, -0.15) is 12.6 Å². The zero-order valence-corrected chi connectivity index (χ0v) is 31.4. The van der Waals surface area contributed by atoms with Gasteiger partial charge in [0, 0.05) is 32.9 Å². The summed E-state index contributed by atoms with van der Waals surface area (Å²) in [6.45, 7) is 4.66. The Kier molecular flexibility index (Phi) is 7.85. The number of benzene rings is 6. The van der Waals surface area contributed by atoms with E-state index < -0.39 is 5.41 Å². The number of nitrogens with zero attached hydrogens (tertiary/aromatic N) is 3. The van der Waals surface area contributed by atoms with Gasteiger partial charge in [0.05, 0.1) is 5.41 Å². The van der Waals surface area contributed by atoms with Gasteiger partial charge in [0.1, 0.15) is 17.3 Å². The molecule has 0 bridgehead atoms. The van der Waals surface area contributed by atoms with Gasteiger partial charge in [0.2, 0.25) is 0 Å². The van der Waals surface area contributed by atoms with Crippen molar-refractivity contribution in [2.75, 3.05) is 0 Å². The lowest BCUT2D eigenvalue weighted by Crippen LogP contribution is -2.32. The van der Waals surface area contributed by atoms with Crippen LogP contribution >= 0.6 is 12.6 Å². The van der Waals surface area contributed by atoms with Crippen LogP contribution in [-0.2, 0) is 10.8 Å². The second-order valence-corrected chi connectivity index (χ2v) is 16.4. The highest BCUT2D eigenvalue weighted by Gasteiger charge is 2.51. The van der Waals surface area contributed by atoms with E-state index in [9.17, 15) is 0 Å². The summed E-state index contributed by atoms with van der Waals surface area (Å²) in [5, 5.41) is 0.321. The minimum Gasteiger partial charge on any atom is -0.457 e. The predicted octanol–water partition coefficient (Wildman–Crippen LogP) is 12.1. The van der Waals surface area contributed by atoms with E-state index in [4.69, 9.17) is 32.3 Å². The standard InChI is InChI=1S/C49H41N3OS/c1-31-20-26-36(54)30-48(2,29-31)47-51-45(33-12-4-3-5-13-33)50-46(52-47)34-23-21-32(22-24-34)35-25-27-42-44(28-35)53-43-19-11-10-18-41(43)49(42)39-16-8-6-14-37(39)38-15-7-9-17-40(38)49/h3-19,21-25,27-28,31,36,54H,20,26,29-30H2,1-2H3/t31-,36?,48?/m1/s1. The SMILES string of the molecule is C[C@@H]1CCC(S)CC(C)(c2nc(-c3ccccc3)nc(-c3ccc(-c4ccc5c(c4)Oc4ccccc4C54c5ccccc5-c5ccccc54)cc3)n2)C1. The van der Waals surface area contributed by atoms with Gasteiger partial charge in [-0.25, -0.2) is 15.0 Å². The van der Waals surface area contributed by atoms with Crippen molar-refractivity contribution < 1.29 is 4.74 Å². The molecule has 7 aromatic rings. The fourth-order valence-electron chi connectivity index (χ4n) is 9.58. The molecule has 3 aliphatic rings. The first kappa shape index (κ1) is 33.1. The van der Waals surface area contributed by atoms with E-state index >= 15 is 0 Å². The number of fused-ring (bicyclic) bond motifs is 9. The van der Waals surface area contributed by atoms with Crippen molar-refractivity contribution in [3.63, 3.8) is 0 Å². The molecule has 1 aromatic heterocycles. The summed E-state index contributed by atoms with van der Waals surface area (Å²) in [6.07, 6.45) is 4.27. The lowest BCUT2D eigenvalue weighted by molar-refractivity contribution is 0.340. The van der Waals surface area contributed by atoms with E-state index in [1.807, 2.05) is 18.2 Å². The monoisotopic (exact) mass is 719 g/mol. The van der Waals surface area contributed by atoms with E-state index in [1.54, 1.807) is 0 Å². The summed E-state index contributed by atoms with van der Waals surface area (Å²) in [5.41, 5.74) is 11.0. The van der Waals surface area contributed by atoms with Crippen LogP contribution in [0.4, 0.5) is 0 Å². The summed E-state index contributed by atoms with van der Waals surface area (Å²) < 4.78 is 6.78. The lowest BCUT2D eigenvalue weighted by Gasteiger charge is -2.39. The third kappa shape index (κ3) is 5.24. The third-order valence-corrected chi connectivity index (χ3v) is 12.5. The lowest BCUT2D eigenvalue weighted by atomic mass is 9.66. The van der Waals surface area contributed by atoms with Crippen molar-refractivity contribution in [2.45, 2.75) is 55.6 Å². The van der Waals surface area contributed by atoms with E-state index in [1.165, 1.54) is 34.2 Å². The quantitative estimate of drug-likeness (QED) is 0.145. The second kappa shape index (κ2) is 12.8. The minimum absolute atomic E-state index is 0.192. The van der Waals surface area contributed by atoms with Crippen molar-refractivity contribution in [3.8, 4) is 56.5 Å². The Bertz CT molecular complexity index is 2490. The van der Waals surface area contributed by atoms with Gasteiger partial charge in [-0.3, -0.25) is 0 Å². The summed E-state index contributed by atoms with van der Waals surface area (Å²) in [6, 6.07) is 51.8. The topological polar surface area (TPSA) is 47.9 Å². The van der Waals surface area contributed by atoms with Crippen molar-refractivity contribution in [3.05, 3.63) is 174 Å². The molecule has 2 unspecified atom stereocenters. The Morgan fingerprint density at radius 2 is 1.09 bits per heavy atom. The van der Waals surface area contributed by atoms with E-state index in [-0.39, 0.29) is 5.41 Å². The highest BCUT2D eigenvalue weighted by Crippen LogP contribution is 2.62. The normalized spacial score (nSPS) is 20.6. The molecule has 1 spiro atoms. The molecule has 0 saturated heterocycles. The number of para-hydroxylation sites is 1. The van der Waals surface area contributed by atoms with Gasteiger partial charge in [-0.1, -0.05) is 147 Å². The number of thiol groups is 1. The van der Waals surface area contributed by atoms with Crippen LogP contribution in [0.5, 0.6) is 11.5 Å². The molecule has 4 nitrogen and oxygen atoms in total. The van der Waals surface area contributed by atoms with Crippen LogP contribution in [0.1, 0.15) is 67.6 Å². The maximum Gasteiger partial charge on any atom is 0.163 e. The molecule has 10 rings (SSSR count). The maximum absolute atomic E-state index is 6.78. The largest absolute Gasteiger partial charge is 0.457 e. The number of rotatable bonds is 4. The summed E-state index contributed by atoms with van der Waals surface area (Å²) >= 11 is 4.98. The van der Waals surface area contributed by atoms with Crippen molar-refractivity contribution in [1.82, 2.24) is 15.0 Å². The van der Waals surface area contributed by atoms with Gasteiger partial charge in [0.25, 0.3) is 0 Å². The molecule has 0 N–H and O–H groups in total. The van der Waals surface area contributed by atoms with Crippen LogP contribution in [0.25, 0.3) is 45.0 Å². The van der Waals surface area contributed by atoms with E-state index in [0.29, 0.717) is 22.8 Å². The molecule has 6 aromatic carbocycles. The van der Waals surface area contributed by atoms with Crippen molar-refractivity contribution >= 4 is 12.6 Å². The fraction of sp³-hybridized carbons (Fsp3) is 0.204. The molecule has 2 aliphatic carbocycles. The first-order chi connectivity index (χ1) is 26.4. The van der Waals surface area contributed by atoms with Crippen LogP contribution in [0.2, 0.25) is 0 Å². The molecule has 5 heteroatoms. The molecule has 1 saturated carbocycles. The van der Waals surface area contributed by atoms with Crippen LogP contribution in [0.3, 0.4) is 0 Å². The summed E-state index contributed by atoms with van der Waals surface area (Å²) in [7, 11) is 0. The van der Waals surface area contributed by atoms with Crippen LogP contribution in [0, 0.1) is 5.92 Å². The van der Waals surface area contributed by atoms with Gasteiger partial charge < -0.3 is 4.74 Å². The Hall–Kier alpha value is -5.52. The fourth-order valence-corrected chi connectivity index (χ4v) is 10.1. The summed E-state index contributed by atoms with van der Waals surface area (Å²) in [4.78, 5) is 15.4. The average Bonchev–Trinajstić information content (AvgIpc) is 3.42. The Morgan fingerprint density at radius 1 is 0.537 bits per heavy atom. The van der Waals surface area contributed by atoms with Gasteiger partial charge in [-0.15, -0.1) is 0 Å². The number of hydrogen-bond donors (Lipinski definition) is 1. The first-order valence-electron chi connectivity index (χ1n) is 19.1. The zero-order valence-electron chi connectivity index (χ0n) is 30.5. The Morgan fingerprint density at radius 3 is 1.80 bits per heavy atom. The predicted molar refractivity (Wildman–Crippen MR) is 221 cm³/mol. The molecule has 1 fully saturated rings. The average molecular weight is 720 g/mol. The second-order valence-electron chi connectivity index (χ2n) is 15.7. The van der Waals surface area contributed by atoms with E-state index in [2.05, 4.69) is 141 Å². The van der Waals surface area contributed by atoms with Gasteiger partial charge >= 0.3 is 0 Å². The highest BCUT2D eigenvalue weighted by molar-refractivity contribution is 7.80. The molecular weight excluding hydrogens is 679 g/mol. The molecule has 54 heavy (non-hydrogen) atoms. The molecule has 2 heterocycles. The van der Waals surface area contributed by atoms with Gasteiger partial charge in [0.15, 0.2) is 11.6 Å². The van der Waals surface area contributed by atoms with Crippen LogP contribution in [-0.4, -0.2) is 20.2 Å². The number of aromatic nitrogens is 3. The molecule has 264 valence electrons. The minimum atomic E-state index is -0.467. The van der Waals surface area contributed by atoms with Crippen LogP contribution in [0.15, 0.2) is 146 Å². The molecule has 0 radical (unpaired) electrons. The third-order valence-electron chi connectivity index (χ3n) is 12.0. The van der Waals surface area contributed by atoms with Gasteiger partial charge in [-0.05, 0) is 77.1 Å². The van der Waals surface area contributed by atoms with Crippen molar-refractivity contribution in [1.29, 1.82) is 0 Å². The first-order valence-corrected chi connectivity index (χ1v) is 19.6. The zero-order chi connectivity index (χ0) is 36.4. The van der Waals surface area contributed by atoms with Crippen LogP contribution < -0.4 is 4.74 Å².